The van der Waals surface area contributed by atoms with Crippen molar-refractivity contribution in [1.82, 2.24) is 5.32 Å². The van der Waals surface area contributed by atoms with Gasteiger partial charge in [0.1, 0.15) is 5.75 Å². The van der Waals surface area contributed by atoms with E-state index < -0.39 is 0 Å². The summed E-state index contributed by atoms with van der Waals surface area (Å²) in [6.07, 6.45) is 9.85. The maximum Gasteiger partial charge on any atom is 0.118 e. The average Bonchev–Trinajstić information content (AvgIpc) is 3.33. The summed E-state index contributed by atoms with van der Waals surface area (Å²) >= 11 is 0. The van der Waals surface area contributed by atoms with Gasteiger partial charge in [-0.15, -0.1) is 0 Å². The van der Waals surface area contributed by atoms with Crippen LogP contribution in [0.25, 0.3) is 0 Å². The second-order valence-electron chi connectivity index (χ2n) is 6.51. The summed E-state index contributed by atoms with van der Waals surface area (Å²) in [6, 6.07) is 9.23. The zero-order chi connectivity index (χ0) is 13.8. The number of hydrogen-bond donors (Lipinski definition) is 1. The fraction of sp³-hybridized carbons (Fsp3) is 0.667. The Hall–Kier alpha value is -1.02. The summed E-state index contributed by atoms with van der Waals surface area (Å²) in [6.45, 7) is 1.11. The van der Waals surface area contributed by atoms with E-state index in [2.05, 4.69) is 29.6 Å². The molecule has 2 unspecified atom stereocenters. The van der Waals surface area contributed by atoms with E-state index in [-0.39, 0.29) is 0 Å². The summed E-state index contributed by atoms with van der Waals surface area (Å²) in [5, 5.41) is 3.78. The fourth-order valence-electron chi connectivity index (χ4n) is 3.62. The highest BCUT2D eigenvalue weighted by Crippen LogP contribution is 2.43. The molecular weight excluding hydrogens is 246 g/mol. The molecule has 0 amide bonds. The third kappa shape index (κ3) is 3.76. The van der Waals surface area contributed by atoms with Crippen LogP contribution in [0, 0.1) is 11.8 Å². The van der Waals surface area contributed by atoms with Crippen LogP contribution in [0.2, 0.25) is 0 Å². The third-order valence-corrected chi connectivity index (χ3v) is 5.01. The van der Waals surface area contributed by atoms with Gasteiger partial charge in [0.25, 0.3) is 0 Å². The van der Waals surface area contributed by atoms with Crippen LogP contribution in [-0.2, 0) is 6.42 Å². The molecule has 2 heteroatoms. The summed E-state index contributed by atoms with van der Waals surface area (Å²) in [4.78, 5) is 0. The van der Waals surface area contributed by atoms with Crippen LogP contribution in [-0.4, -0.2) is 19.7 Å². The smallest absolute Gasteiger partial charge is 0.118 e. The van der Waals surface area contributed by atoms with E-state index in [1.165, 1.54) is 44.1 Å². The van der Waals surface area contributed by atoms with Gasteiger partial charge in [-0.2, -0.15) is 0 Å². The van der Waals surface area contributed by atoms with E-state index in [1.54, 1.807) is 7.11 Å². The highest BCUT2D eigenvalue weighted by Gasteiger charge is 2.34. The van der Waals surface area contributed by atoms with E-state index in [0.717, 1.165) is 36.6 Å². The Labute approximate surface area is 122 Å². The van der Waals surface area contributed by atoms with Gasteiger partial charge in [0.05, 0.1) is 7.11 Å². The van der Waals surface area contributed by atoms with Crippen molar-refractivity contribution in [3.05, 3.63) is 29.8 Å². The van der Waals surface area contributed by atoms with Gasteiger partial charge in [-0.05, 0) is 68.2 Å². The van der Waals surface area contributed by atoms with E-state index in [4.69, 9.17) is 4.74 Å². The first-order valence-corrected chi connectivity index (χ1v) is 8.21. The van der Waals surface area contributed by atoms with Crippen LogP contribution in [0.15, 0.2) is 24.3 Å². The molecule has 3 rings (SSSR count). The number of nitrogens with one attached hydrogen (secondary N) is 1. The molecule has 2 aliphatic carbocycles. The zero-order valence-corrected chi connectivity index (χ0v) is 12.6. The first-order valence-electron chi connectivity index (χ1n) is 8.21. The van der Waals surface area contributed by atoms with E-state index >= 15 is 0 Å². The second kappa shape index (κ2) is 6.62. The molecule has 1 aromatic rings. The normalized spacial score (nSPS) is 26.4. The van der Waals surface area contributed by atoms with Crippen molar-refractivity contribution < 1.29 is 4.74 Å². The molecular formula is C18H27NO. The lowest BCUT2D eigenvalue weighted by atomic mass is 9.82. The Kier molecular flexibility index (Phi) is 4.62. The van der Waals surface area contributed by atoms with Crippen molar-refractivity contribution in [3.63, 3.8) is 0 Å². The van der Waals surface area contributed by atoms with E-state index in [0.29, 0.717) is 0 Å². The second-order valence-corrected chi connectivity index (χ2v) is 6.51. The lowest BCUT2D eigenvalue weighted by Gasteiger charge is -2.30. The molecule has 0 radical (unpaired) electrons. The molecule has 110 valence electrons. The topological polar surface area (TPSA) is 21.3 Å². The fourth-order valence-corrected chi connectivity index (χ4v) is 3.62. The molecule has 0 aromatic heterocycles. The van der Waals surface area contributed by atoms with Crippen LogP contribution in [0.1, 0.15) is 44.1 Å². The van der Waals surface area contributed by atoms with Crippen LogP contribution >= 0.6 is 0 Å². The van der Waals surface area contributed by atoms with Crippen molar-refractivity contribution in [1.29, 1.82) is 0 Å². The van der Waals surface area contributed by atoms with Gasteiger partial charge in [-0.3, -0.25) is 0 Å². The van der Waals surface area contributed by atoms with Crippen molar-refractivity contribution in [2.24, 2.45) is 11.8 Å². The first-order chi connectivity index (χ1) is 9.85. The number of ether oxygens (including phenoxy) is 1. The maximum atomic E-state index is 5.19. The van der Waals surface area contributed by atoms with Crippen LogP contribution in [0.3, 0.4) is 0 Å². The summed E-state index contributed by atoms with van der Waals surface area (Å²) < 4.78 is 5.19. The van der Waals surface area contributed by atoms with Gasteiger partial charge in [-0.1, -0.05) is 25.0 Å². The Morgan fingerprint density at radius 3 is 2.55 bits per heavy atom. The van der Waals surface area contributed by atoms with Crippen molar-refractivity contribution >= 4 is 0 Å². The van der Waals surface area contributed by atoms with Crippen molar-refractivity contribution in [2.45, 2.75) is 51.0 Å². The third-order valence-electron chi connectivity index (χ3n) is 5.01. The monoisotopic (exact) mass is 273 g/mol. The first kappa shape index (κ1) is 13.9. The molecule has 0 saturated heterocycles. The largest absolute Gasteiger partial charge is 0.497 e. The number of methoxy groups -OCH3 is 1. The van der Waals surface area contributed by atoms with Gasteiger partial charge in [0.15, 0.2) is 0 Å². The Morgan fingerprint density at radius 2 is 1.85 bits per heavy atom. The average molecular weight is 273 g/mol. The Morgan fingerprint density at radius 1 is 1.05 bits per heavy atom. The molecule has 1 aromatic carbocycles. The van der Waals surface area contributed by atoms with E-state index in [1.807, 2.05) is 0 Å². The minimum Gasteiger partial charge on any atom is -0.497 e. The van der Waals surface area contributed by atoms with Crippen LogP contribution < -0.4 is 10.1 Å². The number of benzene rings is 1. The predicted octanol–water partition coefficient (Wildman–Crippen LogP) is 3.80. The minimum atomic E-state index is 0.771. The number of hydrogen-bond acceptors (Lipinski definition) is 2. The quantitative estimate of drug-likeness (QED) is 0.851. The van der Waals surface area contributed by atoms with Crippen molar-refractivity contribution in [3.8, 4) is 5.75 Å². The molecule has 2 saturated carbocycles. The molecule has 2 fully saturated rings. The molecule has 0 aliphatic heterocycles. The lowest BCUT2D eigenvalue weighted by molar-refractivity contribution is 0.262. The molecule has 0 bridgehead atoms. The lowest BCUT2D eigenvalue weighted by Crippen LogP contribution is -2.35. The van der Waals surface area contributed by atoms with Crippen LogP contribution in [0.5, 0.6) is 5.75 Å². The highest BCUT2D eigenvalue weighted by molar-refractivity contribution is 5.27. The molecule has 2 aliphatic rings. The summed E-state index contributed by atoms with van der Waals surface area (Å²) in [7, 11) is 1.72. The molecule has 0 heterocycles. The summed E-state index contributed by atoms with van der Waals surface area (Å²) in [5.41, 5.74) is 1.40. The summed E-state index contributed by atoms with van der Waals surface area (Å²) in [5.74, 6) is 3.06. The van der Waals surface area contributed by atoms with Gasteiger partial charge in [0, 0.05) is 6.04 Å². The van der Waals surface area contributed by atoms with Gasteiger partial charge >= 0.3 is 0 Å². The Bertz CT molecular complexity index is 410. The van der Waals surface area contributed by atoms with Crippen LogP contribution in [0.4, 0.5) is 0 Å². The molecule has 0 spiro atoms. The van der Waals surface area contributed by atoms with Gasteiger partial charge < -0.3 is 10.1 Å². The maximum absolute atomic E-state index is 5.19. The van der Waals surface area contributed by atoms with Gasteiger partial charge in [-0.25, -0.2) is 0 Å². The Balaban J connectivity index is 1.40. The SMILES string of the molecule is COc1ccc(CCNC2CCCC(C3CC3)C2)cc1. The predicted molar refractivity (Wildman–Crippen MR) is 83.2 cm³/mol. The molecule has 2 nitrogen and oxygen atoms in total. The molecule has 20 heavy (non-hydrogen) atoms. The zero-order valence-electron chi connectivity index (χ0n) is 12.6. The van der Waals surface area contributed by atoms with E-state index in [9.17, 15) is 0 Å². The molecule has 2 atom stereocenters. The number of rotatable bonds is 6. The highest BCUT2D eigenvalue weighted by atomic mass is 16.5. The van der Waals surface area contributed by atoms with Gasteiger partial charge in [0.2, 0.25) is 0 Å². The molecule has 1 N–H and O–H groups in total. The standard InChI is InChI=1S/C18H27NO/c1-20-18-9-5-14(6-10-18)11-12-19-17-4-2-3-16(13-17)15-7-8-15/h5-6,9-10,15-17,19H,2-4,7-8,11-13H2,1H3. The van der Waals surface area contributed by atoms with Crippen molar-refractivity contribution in [2.75, 3.05) is 13.7 Å². The minimum absolute atomic E-state index is 0.771.